The minimum atomic E-state index is -0.893. The molecule has 0 aromatic rings. The van der Waals surface area contributed by atoms with Crippen LogP contribution in [0.4, 0.5) is 4.79 Å². The molecule has 0 unspecified atom stereocenters. The number of carbonyl (C=O) groups excluding carboxylic acids is 1. The predicted molar refractivity (Wildman–Crippen MR) is 69.4 cm³/mol. The fraction of sp³-hybridized carbons (Fsp3) is 0.846. The Balaban J connectivity index is 2.12. The second kappa shape index (κ2) is 7.95. The molecular formula is C13H24N2O3. The lowest BCUT2D eigenvalue weighted by Crippen LogP contribution is -2.44. The third-order valence-corrected chi connectivity index (χ3v) is 3.50. The van der Waals surface area contributed by atoms with E-state index in [1.54, 1.807) is 0 Å². The van der Waals surface area contributed by atoms with Crippen molar-refractivity contribution in [3.05, 3.63) is 0 Å². The molecule has 1 rings (SSSR count). The Labute approximate surface area is 108 Å². The quantitative estimate of drug-likeness (QED) is 0.681. The van der Waals surface area contributed by atoms with E-state index in [2.05, 4.69) is 17.6 Å². The zero-order valence-corrected chi connectivity index (χ0v) is 11.1. The lowest BCUT2D eigenvalue weighted by molar-refractivity contribution is -0.136. The van der Waals surface area contributed by atoms with Gasteiger partial charge in [-0.1, -0.05) is 19.8 Å². The van der Waals surface area contributed by atoms with Crippen molar-refractivity contribution in [2.75, 3.05) is 6.54 Å². The maximum absolute atomic E-state index is 11.5. The summed E-state index contributed by atoms with van der Waals surface area (Å²) in [6, 6.07) is 0.0122. The van der Waals surface area contributed by atoms with E-state index >= 15 is 0 Å². The van der Waals surface area contributed by atoms with E-state index in [1.165, 1.54) is 25.7 Å². The van der Waals surface area contributed by atoms with Gasteiger partial charge in [-0.25, -0.2) is 4.79 Å². The molecule has 0 heterocycles. The van der Waals surface area contributed by atoms with Crippen molar-refractivity contribution in [1.82, 2.24) is 10.6 Å². The highest BCUT2D eigenvalue weighted by atomic mass is 16.4. The van der Waals surface area contributed by atoms with Crippen LogP contribution in [-0.2, 0) is 4.79 Å². The van der Waals surface area contributed by atoms with Gasteiger partial charge in [-0.2, -0.15) is 0 Å². The first-order chi connectivity index (χ1) is 8.61. The lowest BCUT2D eigenvalue weighted by Gasteiger charge is -2.28. The number of hydrogen-bond donors (Lipinski definition) is 3. The number of rotatable bonds is 6. The highest BCUT2D eigenvalue weighted by Crippen LogP contribution is 2.27. The summed E-state index contributed by atoms with van der Waals surface area (Å²) in [5.74, 6) is -0.0708. The second-order valence-corrected chi connectivity index (χ2v) is 5.05. The van der Waals surface area contributed by atoms with Gasteiger partial charge in [-0.15, -0.1) is 0 Å². The van der Waals surface area contributed by atoms with Gasteiger partial charge in [0.05, 0.1) is 6.42 Å². The topological polar surface area (TPSA) is 78.4 Å². The third kappa shape index (κ3) is 5.89. The van der Waals surface area contributed by atoms with Gasteiger partial charge >= 0.3 is 12.0 Å². The van der Waals surface area contributed by atoms with Gasteiger partial charge in [0, 0.05) is 12.6 Å². The lowest BCUT2D eigenvalue weighted by atomic mass is 9.83. The first kappa shape index (κ1) is 14.8. The molecule has 0 saturated heterocycles. The van der Waals surface area contributed by atoms with Crippen molar-refractivity contribution in [3.8, 4) is 0 Å². The summed E-state index contributed by atoms with van der Waals surface area (Å²) in [7, 11) is 0. The summed E-state index contributed by atoms with van der Waals surface area (Å²) >= 11 is 0. The van der Waals surface area contributed by atoms with E-state index in [0.29, 0.717) is 0 Å². The van der Waals surface area contributed by atoms with Crippen LogP contribution in [0.15, 0.2) is 0 Å². The van der Waals surface area contributed by atoms with Gasteiger partial charge < -0.3 is 15.7 Å². The van der Waals surface area contributed by atoms with E-state index in [4.69, 9.17) is 5.11 Å². The van der Waals surface area contributed by atoms with Crippen LogP contribution in [0.3, 0.4) is 0 Å². The molecule has 104 valence electrons. The fourth-order valence-electron chi connectivity index (χ4n) is 2.52. The first-order valence-electron chi connectivity index (χ1n) is 6.88. The number of urea groups is 1. The van der Waals surface area contributed by atoms with Crippen molar-refractivity contribution in [2.45, 2.75) is 57.9 Å². The van der Waals surface area contributed by atoms with E-state index in [9.17, 15) is 9.59 Å². The number of carboxylic acids is 1. The molecular weight excluding hydrogens is 232 g/mol. The van der Waals surface area contributed by atoms with Crippen LogP contribution in [0.2, 0.25) is 0 Å². The van der Waals surface area contributed by atoms with Gasteiger partial charge in [-0.3, -0.25) is 4.79 Å². The monoisotopic (exact) mass is 256 g/mol. The van der Waals surface area contributed by atoms with Crippen LogP contribution >= 0.6 is 0 Å². The molecule has 1 aliphatic rings. The molecule has 3 N–H and O–H groups in total. The molecule has 0 aromatic heterocycles. The minimum absolute atomic E-state index is 0.0311. The molecule has 0 radical (unpaired) electrons. The Morgan fingerprint density at radius 2 is 1.89 bits per heavy atom. The van der Waals surface area contributed by atoms with E-state index in [-0.39, 0.29) is 25.0 Å². The predicted octanol–water partition coefficient (Wildman–Crippen LogP) is 2.12. The van der Waals surface area contributed by atoms with Crippen LogP contribution in [0.5, 0.6) is 0 Å². The highest BCUT2D eigenvalue weighted by molar-refractivity contribution is 5.75. The summed E-state index contributed by atoms with van der Waals surface area (Å²) < 4.78 is 0. The fourth-order valence-corrected chi connectivity index (χ4v) is 2.52. The number of hydrogen-bond acceptors (Lipinski definition) is 2. The molecule has 1 aliphatic carbocycles. The number of amides is 2. The number of nitrogens with one attached hydrogen (secondary N) is 2. The molecule has 0 aliphatic heterocycles. The van der Waals surface area contributed by atoms with Gasteiger partial charge in [0.2, 0.25) is 0 Å². The smallest absolute Gasteiger partial charge is 0.315 e. The zero-order chi connectivity index (χ0) is 13.4. The van der Waals surface area contributed by atoms with Crippen LogP contribution < -0.4 is 10.6 Å². The van der Waals surface area contributed by atoms with E-state index in [1.807, 2.05) is 0 Å². The van der Waals surface area contributed by atoms with Crippen LogP contribution in [0.1, 0.15) is 51.9 Å². The molecule has 1 saturated carbocycles. The Hall–Kier alpha value is -1.26. The van der Waals surface area contributed by atoms with Gasteiger partial charge in [0.25, 0.3) is 0 Å². The van der Waals surface area contributed by atoms with E-state index < -0.39 is 5.97 Å². The maximum atomic E-state index is 11.5. The third-order valence-electron chi connectivity index (χ3n) is 3.50. The van der Waals surface area contributed by atoms with Crippen molar-refractivity contribution in [1.29, 1.82) is 0 Å². The Bertz CT molecular complexity index is 273. The molecule has 1 fully saturated rings. The molecule has 0 atom stereocenters. The summed E-state index contributed by atoms with van der Waals surface area (Å²) in [5.41, 5.74) is 0. The average Bonchev–Trinajstić information content (AvgIpc) is 2.31. The number of carboxylic acid groups (broad SMARTS) is 1. The molecule has 5 heteroatoms. The highest BCUT2D eigenvalue weighted by Gasteiger charge is 2.21. The molecule has 0 bridgehead atoms. The van der Waals surface area contributed by atoms with Gasteiger partial charge in [0.15, 0.2) is 0 Å². The average molecular weight is 256 g/mol. The summed E-state index contributed by atoms with van der Waals surface area (Å²) in [6.45, 7) is 2.40. The summed E-state index contributed by atoms with van der Waals surface area (Å²) in [6.07, 6.45) is 6.95. The number of aliphatic carboxylic acids is 1. The van der Waals surface area contributed by atoms with Crippen LogP contribution in [-0.4, -0.2) is 29.7 Å². The minimum Gasteiger partial charge on any atom is -0.481 e. The number of carbonyl (C=O) groups is 2. The summed E-state index contributed by atoms with van der Waals surface area (Å²) in [5, 5.41) is 13.9. The van der Waals surface area contributed by atoms with Crippen LogP contribution in [0.25, 0.3) is 0 Å². The van der Waals surface area contributed by atoms with Crippen molar-refractivity contribution in [2.24, 2.45) is 5.92 Å². The van der Waals surface area contributed by atoms with Crippen molar-refractivity contribution in [3.63, 3.8) is 0 Å². The normalized spacial score (nSPS) is 23.4. The molecule has 18 heavy (non-hydrogen) atoms. The molecule has 2 amide bonds. The maximum Gasteiger partial charge on any atom is 0.315 e. The molecule has 0 aromatic carbocycles. The van der Waals surface area contributed by atoms with E-state index in [0.717, 1.165) is 18.8 Å². The van der Waals surface area contributed by atoms with Crippen molar-refractivity contribution >= 4 is 12.0 Å². The second-order valence-electron chi connectivity index (χ2n) is 5.05. The van der Waals surface area contributed by atoms with Crippen LogP contribution in [0, 0.1) is 5.92 Å². The Kier molecular flexibility index (Phi) is 6.54. The zero-order valence-electron chi connectivity index (χ0n) is 11.1. The summed E-state index contributed by atoms with van der Waals surface area (Å²) in [4.78, 5) is 21.8. The van der Waals surface area contributed by atoms with Crippen molar-refractivity contribution < 1.29 is 14.7 Å². The van der Waals surface area contributed by atoms with Gasteiger partial charge in [0.1, 0.15) is 0 Å². The first-order valence-corrected chi connectivity index (χ1v) is 6.88. The standard InChI is InChI=1S/C13H24N2O3/c1-2-3-10-4-6-11(7-5-10)15-13(18)14-9-8-12(16)17/h10-11H,2-9H2,1H3,(H,16,17)(H2,14,15,18). The molecule has 5 nitrogen and oxygen atoms in total. The Morgan fingerprint density at radius 3 is 2.44 bits per heavy atom. The van der Waals surface area contributed by atoms with Gasteiger partial charge in [-0.05, 0) is 31.6 Å². The SMILES string of the molecule is CCCC1CCC(NC(=O)NCCC(=O)O)CC1. The largest absolute Gasteiger partial charge is 0.481 e. The molecule has 0 spiro atoms. The Morgan fingerprint density at radius 1 is 1.22 bits per heavy atom.